The highest BCUT2D eigenvalue weighted by atomic mass is 16.5. The van der Waals surface area contributed by atoms with Crippen molar-refractivity contribution in [2.45, 2.75) is 71.1 Å². The first-order valence-corrected chi connectivity index (χ1v) is 15.5. The highest BCUT2D eigenvalue weighted by molar-refractivity contribution is 5.96. The van der Waals surface area contributed by atoms with Gasteiger partial charge in [0.15, 0.2) is 0 Å². The van der Waals surface area contributed by atoms with Crippen molar-refractivity contribution in [3.05, 3.63) is 54.0 Å². The van der Waals surface area contributed by atoms with Gasteiger partial charge in [-0.15, -0.1) is 0 Å². The fourth-order valence-electron chi connectivity index (χ4n) is 7.23. The maximum atomic E-state index is 13.7. The minimum absolute atomic E-state index is 0.00193. The van der Waals surface area contributed by atoms with Crippen molar-refractivity contribution >= 4 is 22.5 Å². The molecule has 0 aromatic carbocycles. The van der Waals surface area contributed by atoms with E-state index in [1.165, 1.54) is 12.8 Å². The van der Waals surface area contributed by atoms with E-state index in [1.807, 2.05) is 32.6 Å². The average molecular weight is 579 g/mol. The van der Waals surface area contributed by atoms with Crippen LogP contribution in [-0.2, 0) is 6.54 Å². The molecule has 0 spiro atoms. The Morgan fingerprint density at radius 3 is 2.65 bits per heavy atom. The number of hydrogen-bond donors (Lipinski definition) is 1. The topological polar surface area (TPSA) is 108 Å². The van der Waals surface area contributed by atoms with Gasteiger partial charge >= 0.3 is 0 Å². The number of methoxy groups -OCH3 is 1. The van der Waals surface area contributed by atoms with E-state index in [1.54, 1.807) is 7.11 Å². The highest BCUT2D eigenvalue weighted by Crippen LogP contribution is 2.40. The van der Waals surface area contributed by atoms with E-state index in [2.05, 4.69) is 54.8 Å². The Kier molecular flexibility index (Phi) is 5.95. The van der Waals surface area contributed by atoms with Gasteiger partial charge in [-0.05, 0) is 82.6 Å². The molecule has 3 aliphatic rings. The van der Waals surface area contributed by atoms with Crippen LogP contribution in [0.2, 0.25) is 0 Å². The third-order valence-electron chi connectivity index (χ3n) is 9.86. The standard InChI is InChI=1S/C33H38N8O2/c1-18(2)40-17-24(13-35-40)25-9-7-21-11-27(38(32(21)36-25)14-20-5-6-20)30-19(3)31-28(43-4)12-23(16-41(31)37-30)33(42)39-15-22-8-10-26(39)29(22)34/h7,9,11-13,16-18,20,22,26,29H,5-6,8,10,14-15,34H2,1-4H3/t22?,26?,29-/m1/s1. The highest BCUT2D eigenvalue weighted by Gasteiger charge is 2.47. The van der Waals surface area contributed by atoms with E-state index in [0.29, 0.717) is 23.1 Å². The Hall–Kier alpha value is -4.18. The molecule has 2 aliphatic carbocycles. The number of aryl methyl sites for hydroxylation is 1. The number of rotatable bonds is 7. The molecule has 2 N–H and O–H groups in total. The lowest BCUT2D eigenvalue weighted by Gasteiger charge is -2.27. The number of nitrogens with zero attached hydrogens (tertiary/aromatic N) is 7. The van der Waals surface area contributed by atoms with Crippen LogP contribution < -0.4 is 10.5 Å². The molecular formula is C33H38N8O2. The first kappa shape index (κ1) is 26.4. The van der Waals surface area contributed by atoms with E-state index in [-0.39, 0.29) is 24.0 Å². The number of amides is 1. The van der Waals surface area contributed by atoms with Crippen molar-refractivity contribution in [1.29, 1.82) is 0 Å². The quantitative estimate of drug-likeness (QED) is 0.288. The van der Waals surface area contributed by atoms with Crippen molar-refractivity contribution in [2.75, 3.05) is 13.7 Å². The Bertz CT molecular complexity index is 1890. The monoisotopic (exact) mass is 578 g/mol. The van der Waals surface area contributed by atoms with Gasteiger partial charge in [-0.25, -0.2) is 9.50 Å². The van der Waals surface area contributed by atoms with E-state index < -0.39 is 0 Å². The largest absolute Gasteiger partial charge is 0.494 e. The van der Waals surface area contributed by atoms with Gasteiger partial charge in [0.05, 0.1) is 30.3 Å². The summed E-state index contributed by atoms with van der Waals surface area (Å²) in [6.07, 6.45) is 10.3. The zero-order valence-electron chi connectivity index (χ0n) is 25.2. The van der Waals surface area contributed by atoms with Crippen LogP contribution in [0, 0.1) is 18.8 Å². The second kappa shape index (κ2) is 9.67. The molecule has 2 unspecified atom stereocenters. The summed E-state index contributed by atoms with van der Waals surface area (Å²) in [5.74, 6) is 1.68. The first-order valence-electron chi connectivity index (χ1n) is 15.5. The molecule has 2 saturated carbocycles. The van der Waals surface area contributed by atoms with Crippen molar-refractivity contribution in [1.82, 2.24) is 33.8 Å². The predicted octanol–water partition coefficient (Wildman–Crippen LogP) is 5.08. The van der Waals surface area contributed by atoms with Crippen LogP contribution in [0.1, 0.15) is 61.5 Å². The number of likely N-dealkylation sites (tertiary alicyclic amines) is 1. The number of nitrogens with two attached hydrogens (primary N) is 1. The van der Waals surface area contributed by atoms with Crippen LogP contribution in [0.5, 0.6) is 5.75 Å². The summed E-state index contributed by atoms with van der Waals surface area (Å²) >= 11 is 0. The molecule has 1 saturated heterocycles. The molecule has 3 atom stereocenters. The van der Waals surface area contributed by atoms with Crippen molar-refractivity contribution in [3.63, 3.8) is 0 Å². The fraction of sp³-hybridized carbons (Fsp3) is 0.455. The summed E-state index contributed by atoms with van der Waals surface area (Å²) in [5, 5.41) is 10.7. The number of fused-ring (bicyclic) bond motifs is 4. The summed E-state index contributed by atoms with van der Waals surface area (Å²) in [6, 6.07) is 8.75. The molecule has 10 heteroatoms. The second-order valence-corrected chi connectivity index (χ2v) is 13.0. The molecule has 8 rings (SSSR count). The third-order valence-corrected chi connectivity index (χ3v) is 9.86. The normalized spacial score (nSPS) is 21.6. The second-order valence-electron chi connectivity index (χ2n) is 13.0. The fourth-order valence-corrected chi connectivity index (χ4v) is 7.23. The van der Waals surface area contributed by atoms with Gasteiger partial charge in [-0.3, -0.25) is 9.48 Å². The molecule has 222 valence electrons. The minimum atomic E-state index is -0.00193. The Morgan fingerprint density at radius 2 is 1.98 bits per heavy atom. The van der Waals surface area contributed by atoms with Gasteiger partial charge in [-0.1, -0.05) is 0 Å². The molecule has 6 heterocycles. The Morgan fingerprint density at radius 1 is 1.14 bits per heavy atom. The van der Waals surface area contributed by atoms with Gasteiger partial charge < -0.3 is 19.9 Å². The molecule has 5 aromatic heterocycles. The van der Waals surface area contributed by atoms with Gasteiger partial charge in [-0.2, -0.15) is 10.2 Å². The number of carbonyl (C=O) groups is 1. The number of hydrogen-bond acceptors (Lipinski definition) is 6. The van der Waals surface area contributed by atoms with Crippen LogP contribution in [-0.4, -0.2) is 65.5 Å². The number of carbonyl (C=O) groups excluding carboxylic acids is 1. The van der Waals surface area contributed by atoms with Gasteiger partial charge in [0.25, 0.3) is 5.91 Å². The van der Waals surface area contributed by atoms with Crippen molar-refractivity contribution in [2.24, 2.45) is 17.6 Å². The molecular weight excluding hydrogens is 540 g/mol. The van der Waals surface area contributed by atoms with Crippen LogP contribution in [0.15, 0.2) is 42.9 Å². The molecule has 10 nitrogen and oxygen atoms in total. The lowest BCUT2D eigenvalue weighted by molar-refractivity contribution is 0.0699. The maximum absolute atomic E-state index is 13.7. The number of piperidine rings is 1. The summed E-state index contributed by atoms with van der Waals surface area (Å²) < 4.78 is 12.0. The molecule has 1 amide bonds. The Balaban J connectivity index is 1.23. The predicted molar refractivity (Wildman–Crippen MR) is 165 cm³/mol. The first-order chi connectivity index (χ1) is 20.8. The number of ether oxygens (including phenoxy) is 1. The number of pyridine rings is 2. The average Bonchev–Trinajstić information content (AvgIpc) is 3.34. The van der Waals surface area contributed by atoms with Crippen molar-refractivity contribution < 1.29 is 9.53 Å². The van der Waals surface area contributed by atoms with Gasteiger partial charge in [0, 0.05) is 60.1 Å². The minimum Gasteiger partial charge on any atom is -0.494 e. The molecule has 1 aliphatic heterocycles. The molecule has 0 radical (unpaired) electrons. The molecule has 5 aromatic rings. The smallest absolute Gasteiger partial charge is 0.255 e. The summed E-state index contributed by atoms with van der Waals surface area (Å²) in [5.41, 5.74) is 13.6. The number of aromatic nitrogens is 6. The summed E-state index contributed by atoms with van der Waals surface area (Å²) in [7, 11) is 1.65. The van der Waals surface area contributed by atoms with Gasteiger partial charge in [0.1, 0.15) is 22.6 Å². The van der Waals surface area contributed by atoms with E-state index in [9.17, 15) is 4.79 Å². The van der Waals surface area contributed by atoms with Crippen LogP contribution >= 0.6 is 0 Å². The van der Waals surface area contributed by atoms with Crippen LogP contribution in [0.3, 0.4) is 0 Å². The molecule has 43 heavy (non-hydrogen) atoms. The summed E-state index contributed by atoms with van der Waals surface area (Å²) in [4.78, 5) is 20.8. The third kappa shape index (κ3) is 4.17. The van der Waals surface area contributed by atoms with Crippen LogP contribution in [0.4, 0.5) is 0 Å². The van der Waals surface area contributed by atoms with Crippen LogP contribution in [0.25, 0.3) is 39.2 Å². The lowest BCUT2D eigenvalue weighted by atomic mass is 10.1. The molecule has 3 fully saturated rings. The molecule has 2 bridgehead atoms. The van der Waals surface area contributed by atoms with Gasteiger partial charge in [0.2, 0.25) is 0 Å². The maximum Gasteiger partial charge on any atom is 0.255 e. The van der Waals surface area contributed by atoms with Crippen molar-refractivity contribution in [3.8, 4) is 28.4 Å². The Labute approximate surface area is 250 Å². The summed E-state index contributed by atoms with van der Waals surface area (Å²) in [6.45, 7) is 7.95. The SMILES string of the molecule is COc1cc(C(=O)N2CC3CCC2[C@@H]3N)cn2nc(-c3cc4ccc(-c5cnn(C(C)C)c5)nc4n3CC3CC3)c(C)c12. The van der Waals surface area contributed by atoms with E-state index in [4.69, 9.17) is 20.6 Å². The zero-order valence-corrected chi connectivity index (χ0v) is 25.2. The zero-order chi connectivity index (χ0) is 29.6. The lowest BCUT2D eigenvalue weighted by Crippen LogP contribution is -2.41. The van der Waals surface area contributed by atoms with E-state index in [0.717, 1.165) is 70.7 Å². The van der Waals surface area contributed by atoms with E-state index >= 15 is 0 Å².